The summed E-state index contributed by atoms with van der Waals surface area (Å²) in [6.45, 7) is 5.25. The van der Waals surface area contributed by atoms with Gasteiger partial charge in [-0.3, -0.25) is 4.98 Å². The van der Waals surface area contributed by atoms with Gasteiger partial charge in [-0.15, -0.1) is 10.2 Å². The third kappa shape index (κ3) is 3.34. The summed E-state index contributed by atoms with van der Waals surface area (Å²) in [4.78, 5) is 4.32. The first-order valence-corrected chi connectivity index (χ1v) is 7.50. The lowest BCUT2D eigenvalue weighted by Gasteiger charge is -2.08. The smallest absolute Gasteiger partial charge is 0.166 e. The highest BCUT2D eigenvalue weighted by atomic mass is 79.9. The minimum absolute atomic E-state index is 0.242. The summed E-state index contributed by atoms with van der Waals surface area (Å²) in [5.41, 5.74) is 0.865. The van der Waals surface area contributed by atoms with Gasteiger partial charge in [0.25, 0.3) is 0 Å². The Morgan fingerprint density at radius 2 is 2.22 bits per heavy atom. The first-order chi connectivity index (χ1) is 8.70. The molecule has 0 saturated heterocycles. The topological polar surface area (TPSA) is 50.7 Å². The van der Waals surface area contributed by atoms with Crippen LogP contribution in [0.4, 0.5) is 0 Å². The highest BCUT2D eigenvalue weighted by Crippen LogP contribution is 2.25. The van der Waals surface area contributed by atoms with E-state index in [1.807, 2.05) is 12.1 Å². The predicted molar refractivity (Wildman–Crippen MR) is 77.5 cm³/mol. The monoisotopic (exact) mass is 326 g/mol. The molecule has 1 atom stereocenters. The molecule has 2 heterocycles. The zero-order chi connectivity index (χ0) is 13.0. The van der Waals surface area contributed by atoms with Crippen LogP contribution in [0.2, 0.25) is 0 Å². The van der Waals surface area contributed by atoms with Crippen LogP contribution in [0.15, 0.2) is 22.8 Å². The average Bonchev–Trinajstić information content (AvgIpc) is 2.86. The van der Waals surface area contributed by atoms with Gasteiger partial charge in [-0.2, -0.15) is 0 Å². The Kier molecular flexibility index (Phi) is 4.79. The molecule has 0 bridgehead atoms. The zero-order valence-corrected chi connectivity index (χ0v) is 12.8. The first kappa shape index (κ1) is 13.6. The van der Waals surface area contributed by atoms with Crippen LogP contribution in [0.3, 0.4) is 0 Å². The second-order valence-electron chi connectivity index (χ2n) is 3.98. The second-order valence-corrected chi connectivity index (χ2v) is 5.91. The fourth-order valence-electron chi connectivity index (χ4n) is 1.46. The quantitative estimate of drug-likeness (QED) is 0.914. The average molecular weight is 327 g/mol. The van der Waals surface area contributed by atoms with Crippen molar-refractivity contribution < 1.29 is 0 Å². The van der Waals surface area contributed by atoms with Crippen LogP contribution >= 0.6 is 27.3 Å². The van der Waals surface area contributed by atoms with Crippen molar-refractivity contribution in [2.24, 2.45) is 0 Å². The van der Waals surface area contributed by atoms with Crippen molar-refractivity contribution in [1.29, 1.82) is 0 Å². The Hall–Kier alpha value is -0.850. The molecule has 0 aliphatic carbocycles. The van der Waals surface area contributed by atoms with E-state index in [0.717, 1.165) is 33.1 Å². The van der Waals surface area contributed by atoms with E-state index in [2.05, 4.69) is 50.3 Å². The maximum atomic E-state index is 4.32. The molecule has 96 valence electrons. The molecular formula is C12H15BrN4S. The van der Waals surface area contributed by atoms with E-state index in [4.69, 9.17) is 0 Å². The van der Waals surface area contributed by atoms with Crippen molar-refractivity contribution in [1.82, 2.24) is 20.5 Å². The minimum atomic E-state index is 0.242. The van der Waals surface area contributed by atoms with E-state index >= 15 is 0 Å². The Balaban J connectivity index is 2.12. The summed E-state index contributed by atoms with van der Waals surface area (Å²) in [6, 6.07) is 4.15. The lowest BCUT2D eigenvalue weighted by molar-refractivity contribution is 0.564. The second kappa shape index (κ2) is 6.36. The van der Waals surface area contributed by atoms with Crippen LogP contribution < -0.4 is 5.32 Å². The fraction of sp³-hybridized carbons (Fsp3) is 0.417. The molecule has 0 aliphatic rings. The number of aromatic nitrogens is 3. The van der Waals surface area contributed by atoms with Crippen molar-refractivity contribution in [2.75, 3.05) is 6.54 Å². The molecule has 2 aromatic heterocycles. The number of hydrogen-bond donors (Lipinski definition) is 1. The van der Waals surface area contributed by atoms with Crippen molar-refractivity contribution in [3.63, 3.8) is 0 Å². The van der Waals surface area contributed by atoms with Gasteiger partial charge in [0.1, 0.15) is 10.7 Å². The summed E-state index contributed by atoms with van der Waals surface area (Å²) in [5, 5.41) is 13.7. The number of nitrogens with zero attached hydrogens (tertiary/aromatic N) is 3. The van der Waals surface area contributed by atoms with Gasteiger partial charge in [-0.1, -0.05) is 18.3 Å². The van der Waals surface area contributed by atoms with E-state index in [-0.39, 0.29) is 6.04 Å². The number of nitrogens with one attached hydrogen (secondary N) is 1. The van der Waals surface area contributed by atoms with Crippen LogP contribution in [0.1, 0.15) is 31.3 Å². The number of halogens is 1. The van der Waals surface area contributed by atoms with Crippen LogP contribution in [0.25, 0.3) is 10.7 Å². The van der Waals surface area contributed by atoms with Crippen molar-refractivity contribution in [2.45, 2.75) is 26.3 Å². The Morgan fingerprint density at radius 3 is 2.89 bits per heavy atom. The van der Waals surface area contributed by atoms with E-state index in [9.17, 15) is 0 Å². The molecule has 18 heavy (non-hydrogen) atoms. The van der Waals surface area contributed by atoms with Gasteiger partial charge in [0.15, 0.2) is 5.01 Å². The zero-order valence-electron chi connectivity index (χ0n) is 10.4. The maximum Gasteiger partial charge on any atom is 0.166 e. The van der Waals surface area contributed by atoms with Crippen LogP contribution in [-0.2, 0) is 0 Å². The standard InChI is InChI=1S/C12H15BrN4S/c1-3-6-14-8(2)11-16-17-12(18-11)10-5-4-9(13)7-15-10/h4-5,7-8,14H,3,6H2,1-2H3. The molecule has 2 rings (SSSR count). The summed E-state index contributed by atoms with van der Waals surface area (Å²) in [7, 11) is 0. The molecule has 0 fully saturated rings. The summed E-state index contributed by atoms with van der Waals surface area (Å²) >= 11 is 4.96. The van der Waals surface area contributed by atoms with Gasteiger partial charge in [-0.25, -0.2) is 0 Å². The van der Waals surface area contributed by atoms with Gasteiger partial charge in [0, 0.05) is 10.7 Å². The highest BCUT2D eigenvalue weighted by molar-refractivity contribution is 9.10. The third-order valence-corrected chi connectivity index (χ3v) is 4.06. The van der Waals surface area contributed by atoms with E-state index in [0.29, 0.717) is 0 Å². The fourth-order valence-corrected chi connectivity index (χ4v) is 2.54. The molecule has 6 heteroatoms. The van der Waals surface area contributed by atoms with E-state index in [1.54, 1.807) is 17.5 Å². The van der Waals surface area contributed by atoms with Gasteiger partial charge in [0.05, 0.1) is 6.04 Å². The maximum absolute atomic E-state index is 4.32. The Bertz CT molecular complexity index is 497. The minimum Gasteiger partial charge on any atom is -0.308 e. The van der Waals surface area contributed by atoms with E-state index < -0.39 is 0 Å². The van der Waals surface area contributed by atoms with Gasteiger partial charge in [-0.05, 0) is 48.0 Å². The molecular weight excluding hydrogens is 312 g/mol. The lowest BCUT2D eigenvalue weighted by Crippen LogP contribution is -2.18. The Morgan fingerprint density at radius 1 is 1.39 bits per heavy atom. The molecule has 4 nitrogen and oxygen atoms in total. The molecule has 2 aromatic rings. The SMILES string of the molecule is CCCNC(C)c1nnc(-c2ccc(Br)cn2)s1. The van der Waals surface area contributed by atoms with Gasteiger partial charge in [0.2, 0.25) is 0 Å². The summed E-state index contributed by atoms with van der Waals surface area (Å²) < 4.78 is 0.967. The summed E-state index contributed by atoms with van der Waals surface area (Å²) in [6.07, 6.45) is 2.89. The van der Waals surface area contributed by atoms with Crippen molar-refractivity contribution in [3.05, 3.63) is 27.8 Å². The highest BCUT2D eigenvalue weighted by Gasteiger charge is 2.12. The van der Waals surface area contributed by atoms with Gasteiger partial charge < -0.3 is 5.32 Å². The number of pyridine rings is 1. The van der Waals surface area contributed by atoms with Crippen LogP contribution in [-0.4, -0.2) is 21.7 Å². The number of hydrogen-bond acceptors (Lipinski definition) is 5. The Labute approximate surface area is 119 Å². The van der Waals surface area contributed by atoms with Crippen LogP contribution in [0, 0.1) is 0 Å². The molecule has 0 radical (unpaired) electrons. The molecule has 1 unspecified atom stereocenters. The molecule has 1 N–H and O–H groups in total. The van der Waals surface area contributed by atoms with Crippen molar-refractivity contribution in [3.8, 4) is 10.7 Å². The molecule has 0 spiro atoms. The molecule has 0 amide bonds. The summed E-state index contributed by atoms with van der Waals surface area (Å²) in [5.74, 6) is 0. The normalized spacial score (nSPS) is 12.6. The first-order valence-electron chi connectivity index (χ1n) is 5.89. The lowest BCUT2D eigenvalue weighted by atomic mass is 10.3. The van der Waals surface area contributed by atoms with Crippen LogP contribution in [0.5, 0.6) is 0 Å². The third-order valence-electron chi connectivity index (χ3n) is 2.46. The largest absolute Gasteiger partial charge is 0.308 e. The van der Waals surface area contributed by atoms with Gasteiger partial charge >= 0.3 is 0 Å². The molecule has 0 aromatic carbocycles. The molecule has 0 saturated carbocycles. The molecule has 0 aliphatic heterocycles. The number of rotatable bonds is 5. The van der Waals surface area contributed by atoms with Crippen molar-refractivity contribution >= 4 is 27.3 Å². The predicted octanol–water partition coefficient (Wildman–Crippen LogP) is 3.42. The van der Waals surface area contributed by atoms with E-state index in [1.165, 1.54) is 0 Å².